The number of rotatable bonds is 2. The summed E-state index contributed by atoms with van der Waals surface area (Å²) in [4.78, 5) is 43.9. The molecule has 0 bridgehead atoms. The van der Waals surface area contributed by atoms with Crippen LogP contribution in [0.1, 0.15) is 15.2 Å². The number of aromatic nitrogens is 3. The number of amides is 1. The van der Waals surface area contributed by atoms with Crippen molar-refractivity contribution in [3.05, 3.63) is 55.5 Å². The van der Waals surface area contributed by atoms with Crippen molar-refractivity contribution in [2.24, 2.45) is 7.05 Å². The molecule has 1 saturated heterocycles. The van der Waals surface area contributed by atoms with E-state index in [0.717, 1.165) is 34.9 Å². The molecule has 8 nitrogen and oxygen atoms in total. The summed E-state index contributed by atoms with van der Waals surface area (Å²) in [6, 6.07) is 8.29. The van der Waals surface area contributed by atoms with Crippen LogP contribution in [0.25, 0.3) is 11.0 Å². The molecule has 9 heteroatoms. The van der Waals surface area contributed by atoms with Crippen LogP contribution in [0, 0.1) is 6.92 Å². The number of H-pyrrole nitrogens is 1. The number of carbonyl (C=O) groups excluding carboxylic acids is 1. The summed E-state index contributed by atoms with van der Waals surface area (Å²) in [6.07, 6.45) is 0. The molecule has 4 rings (SSSR count). The van der Waals surface area contributed by atoms with Crippen LogP contribution in [0.2, 0.25) is 0 Å². The summed E-state index contributed by atoms with van der Waals surface area (Å²) in [7, 11) is 1.38. The quantitative estimate of drug-likeness (QED) is 0.709. The molecule has 0 unspecified atom stereocenters. The Balaban J connectivity index is 1.56. The van der Waals surface area contributed by atoms with E-state index in [4.69, 9.17) is 0 Å². The van der Waals surface area contributed by atoms with E-state index in [1.807, 2.05) is 6.07 Å². The van der Waals surface area contributed by atoms with Gasteiger partial charge in [0.1, 0.15) is 4.88 Å². The fraction of sp³-hybridized carbons (Fsp3) is 0.333. The summed E-state index contributed by atoms with van der Waals surface area (Å²) in [5, 5.41) is 0. The van der Waals surface area contributed by atoms with Crippen molar-refractivity contribution < 1.29 is 4.79 Å². The van der Waals surface area contributed by atoms with Crippen LogP contribution in [0.4, 0.5) is 5.69 Å². The zero-order valence-corrected chi connectivity index (χ0v) is 15.9. The summed E-state index contributed by atoms with van der Waals surface area (Å²) < 4.78 is 5.04. The minimum Gasteiger partial charge on any atom is -0.368 e. The van der Waals surface area contributed by atoms with E-state index in [1.54, 1.807) is 4.90 Å². The van der Waals surface area contributed by atoms with E-state index in [1.165, 1.54) is 12.6 Å². The third kappa shape index (κ3) is 3.03. The van der Waals surface area contributed by atoms with E-state index in [0.29, 0.717) is 18.0 Å². The molecule has 1 aliphatic rings. The smallest absolute Gasteiger partial charge is 0.328 e. The average Bonchev–Trinajstić information content (AvgIpc) is 3.09. The van der Waals surface area contributed by atoms with Gasteiger partial charge in [-0.2, -0.15) is 4.37 Å². The van der Waals surface area contributed by atoms with Crippen molar-refractivity contribution >= 4 is 34.2 Å². The van der Waals surface area contributed by atoms with Gasteiger partial charge in [0.2, 0.25) is 0 Å². The second kappa shape index (κ2) is 6.66. The van der Waals surface area contributed by atoms with Gasteiger partial charge in [0.05, 0.1) is 5.52 Å². The van der Waals surface area contributed by atoms with E-state index < -0.39 is 11.2 Å². The summed E-state index contributed by atoms with van der Waals surface area (Å²) in [6.45, 7) is 4.65. The first-order chi connectivity index (χ1) is 13.0. The number of carbonyl (C=O) groups is 1. The van der Waals surface area contributed by atoms with Crippen LogP contribution in [0.5, 0.6) is 0 Å². The fourth-order valence-corrected chi connectivity index (χ4v) is 4.07. The molecule has 0 aliphatic carbocycles. The van der Waals surface area contributed by atoms with Crippen molar-refractivity contribution in [1.82, 2.24) is 18.8 Å². The number of nitrogens with zero attached hydrogens (tertiary/aromatic N) is 4. The summed E-state index contributed by atoms with van der Waals surface area (Å²) in [5.74, 6) is -0.199. The SMILES string of the molecule is Cc1cccc(N2CCN(C(=O)c3snc4c(=O)n(C)c(=O)[nH]c34)CC2)c1. The standard InChI is InChI=1S/C18H19N5O3S/c1-11-4-3-5-12(10-11)22-6-8-23(9-7-22)17(25)15-13-14(20-27-15)16(24)21(2)18(26)19-13/h3-5,10H,6-9H2,1-2H3,(H,19,26). The normalized spacial score (nSPS) is 14.7. The Labute approximate surface area is 158 Å². The molecule has 0 atom stereocenters. The van der Waals surface area contributed by atoms with Crippen molar-refractivity contribution in [2.75, 3.05) is 31.1 Å². The van der Waals surface area contributed by atoms with Crippen LogP contribution < -0.4 is 16.1 Å². The van der Waals surface area contributed by atoms with Gasteiger partial charge in [-0.25, -0.2) is 4.79 Å². The number of hydrogen-bond donors (Lipinski definition) is 1. The number of anilines is 1. The lowest BCUT2D eigenvalue weighted by Crippen LogP contribution is -2.48. The van der Waals surface area contributed by atoms with E-state index in [-0.39, 0.29) is 16.9 Å². The zero-order chi connectivity index (χ0) is 19.1. The Kier molecular flexibility index (Phi) is 4.31. The van der Waals surface area contributed by atoms with E-state index in [2.05, 4.69) is 39.4 Å². The van der Waals surface area contributed by atoms with E-state index >= 15 is 0 Å². The Morgan fingerprint density at radius 2 is 1.93 bits per heavy atom. The Morgan fingerprint density at radius 3 is 2.63 bits per heavy atom. The summed E-state index contributed by atoms with van der Waals surface area (Å²) in [5.41, 5.74) is 1.67. The number of hydrogen-bond acceptors (Lipinski definition) is 6. The number of benzene rings is 1. The highest BCUT2D eigenvalue weighted by Gasteiger charge is 2.26. The number of piperazine rings is 1. The van der Waals surface area contributed by atoms with Gasteiger partial charge in [-0.15, -0.1) is 0 Å². The number of aryl methyl sites for hydroxylation is 1. The third-order valence-corrected chi connectivity index (χ3v) is 5.70. The molecule has 1 aliphatic heterocycles. The first kappa shape index (κ1) is 17.5. The maximum Gasteiger partial charge on any atom is 0.328 e. The molecular weight excluding hydrogens is 366 g/mol. The maximum atomic E-state index is 12.9. The van der Waals surface area contributed by atoms with E-state index in [9.17, 15) is 14.4 Å². The molecule has 3 heterocycles. The van der Waals surface area contributed by atoms with Crippen LogP contribution in [-0.2, 0) is 7.05 Å². The average molecular weight is 385 g/mol. The topological polar surface area (TPSA) is 91.3 Å². The molecule has 0 radical (unpaired) electrons. The first-order valence-corrected chi connectivity index (χ1v) is 9.42. The molecular formula is C18H19N5O3S. The Hall–Kier alpha value is -2.94. The lowest BCUT2D eigenvalue weighted by atomic mass is 10.2. The predicted molar refractivity (Wildman–Crippen MR) is 105 cm³/mol. The second-order valence-corrected chi connectivity index (χ2v) is 7.42. The Morgan fingerprint density at radius 1 is 1.19 bits per heavy atom. The largest absolute Gasteiger partial charge is 0.368 e. The van der Waals surface area contributed by atoms with Crippen molar-refractivity contribution in [3.8, 4) is 0 Å². The highest BCUT2D eigenvalue weighted by atomic mass is 32.1. The van der Waals surface area contributed by atoms with Crippen LogP contribution in [0.3, 0.4) is 0 Å². The lowest BCUT2D eigenvalue weighted by molar-refractivity contribution is 0.0753. The van der Waals surface area contributed by atoms with Gasteiger partial charge < -0.3 is 14.8 Å². The van der Waals surface area contributed by atoms with Gasteiger partial charge in [-0.1, -0.05) is 12.1 Å². The van der Waals surface area contributed by atoms with Crippen molar-refractivity contribution in [1.29, 1.82) is 0 Å². The molecule has 3 aromatic rings. The van der Waals surface area contributed by atoms with Crippen molar-refractivity contribution in [3.63, 3.8) is 0 Å². The highest BCUT2D eigenvalue weighted by molar-refractivity contribution is 7.09. The molecule has 1 fully saturated rings. The molecule has 27 heavy (non-hydrogen) atoms. The minimum atomic E-state index is -0.550. The lowest BCUT2D eigenvalue weighted by Gasteiger charge is -2.36. The van der Waals surface area contributed by atoms with Gasteiger partial charge in [-0.05, 0) is 36.2 Å². The molecule has 1 amide bonds. The fourth-order valence-electron chi connectivity index (χ4n) is 3.28. The number of aromatic amines is 1. The minimum absolute atomic E-state index is 0.129. The van der Waals surface area contributed by atoms with Gasteiger partial charge in [-0.3, -0.25) is 14.2 Å². The van der Waals surface area contributed by atoms with Gasteiger partial charge >= 0.3 is 5.69 Å². The molecule has 1 aromatic carbocycles. The highest BCUT2D eigenvalue weighted by Crippen LogP contribution is 2.22. The third-order valence-electron chi connectivity index (χ3n) is 4.86. The number of nitrogens with one attached hydrogen (secondary N) is 1. The van der Waals surface area contributed by atoms with Crippen LogP contribution >= 0.6 is 11.5 Å². The van der Waals surface area contributed by atoms with Gasteiger partial charge in [0, 0.05) is 38.9 Å². The second-order valence-electron chi connectivity index (χ2n) is 6.65. The molecule has 0 saturated carbocycles. The van der Waals surface area contributed by atoms with Gasteiger partial charge in [0.15, 0.2) is 5.52 Å². The first-order valence-electron chi connectivity index (χ1n) is 8.65. The maximum absolute atomic E-state index is 12.9. The molecule has 1 N–H and O–H groups in total. The van der Waals surface area contributed by atoms with Gasteiger partial charge in [0.25, 0.3) is 11.5 Å². The van der Waals surface area contributed by atoms with Crippen LogP contribution in [0.15, 0.2) is 33.9 Å². The predicted octanol–water partition coefficient (Wildman–Crippen LogP) is 0.954. The van der Waals surface area contributed by atoms with Crippen LogP contribution in [-0.4, -0.2) is 50.9 Å². The monoisotopic (exact) mass is 385 g/mol. The number of fused-ring (bicyclic) bond motifs is 1. The Bertz CT molecular complexity index is 1140. The molecule has 2 aromatic heterocycles. The van der Waals surface area contributed by atoms with Crippen molar-refractivity contribution in [2.45, 2.75) is 6.92 Å². The summed E-state index contributed by atoms with van der Waals surface area (Å²) >= 11 is 0.957. The molecule has 140 valence electrons. The zero-order valence-electron chi connectivity index (χ0n) is 15.1. The molecule has 0 spiro atoms.